The van der Waals surface area contributed by atoms with Crippen LogP contribution in [0.3, 0.4) is 0 Å². The average Bonchev–Trinajstić information content (AvgIpc) is 2.58. The summed E-state index contributed by atoms with van der Waals surface area (Å²) < 4.78 is 25.7. The molecule has 0 aliphatic carbocycles. The third kappa shape index (κ3) is 5.08. The molecule has 1 amide bonds. The zero-order chi connectivity index (χ0) is 19.3. The minimum absolute atomic E-state index is 0.149. The summed E-state index contributed by atoms with van der Waals surface area (Å²) in [4.78, 5) is 12.6. The minimum atomic E-state index is -3.58. The van der Waals surface area contributed by atoms with Gasteiger partial charge in [0, 0.05) is 0 Å². The number of hydrogen-bond acceptors (Lipinski definition) is 3. The van der Waals surface area contributed by atoms with E-state index in [-0.39, 0.29) is 18.5 Å². The van der Waals surface area contributed by atoms with Gasteiger partial charge in [0.2, 0.25) is 15.9 Å². The lowest BCUT2D eigenvalue weighted by Crippen LogP contribution is -2.41. The minimum Gasteiger partial charge on any atom is -0.348 e. The first-order chi connectivity index (χ1) is 12.2. The maximum atomic E-state index is 12.6. The first kappa shape index (κ1) is 20.0. The van der Waals surface area contributed by atoms with Gasteiger partial charge in [-0.3, -0.25) is 9.10 Å². The number of anilines is 1. The van der Waals surface area contributed by atoms with E-state index in [0.717, 1.165) is 33.7 Å². The van der Waals surface area contributed by atoms with Crippen LogP contribution in [0, 0.1) is 13.8 Å². The van der Waals surface area contributed by atoms with Crippen LogP contribution in [0.5, 0.6) is 0 Å². The number of sulfonamides is 1. The van der Waals surface area contributed by atoms with Crippen LogP contribution in [0.1, 0.15) is 36.1 Å². The van der Waals surface area contributed by atoms with Crippen molar-refractivity contribution in [2.45, 2.75) is 33.2 Å². The summed E-state index contributed by atoms with van der Waals surface area (Å²) in [6, 6.07) is 15.0. The molecule has 0 bridgehead atoms. The number of carbonyl (C=O) groups excluding carboxylic acids is 1. The van der Waals surface area contributed by atoms with Crippen molar-refractivity contribution in [1.82, 2.24) is 5.32 Å². The molecule has 1 atom stereocenters. The number of aryl methyl sites for hydroxylation is 2. The van der Waals surface area contributed by atoms with E-state index in [0.29, 0.717) is 5.69 Å². The molecule has 0 aliphatic rings. The first-order valence-corrected chi connectivity index (χ1v) is 10.5. The number of benzene rings is 2. The Morgan fingerprint density at radius 1 is 1.12 bits per heavy atom. The van der Waals surface area contributed by atoms with E-state index in [2.05, 4.69) is 5.32 Å². The van der Waals surface area contributed by atoms with Gasteiger partial charge in [-0.25, -0.2) is 8.42 Å². The maximum Gasteiger partial charge on any atom is 0.241 e. The number of hydrogen-bond donors (Lipinski definition) is 1. The zero-order valence-electron chi connectivity index (χ0n) is 15.7. The molecule has 0 heterocycles. The lowest BCUT2D eigenvalue weighted by molar-refractivity contribution is -0.120. The molecule has 140 valence electrons. The van der Waals surface area contributed by atoms with Crippen molar-refractivity contribution in [3.8, 4) is 0 Å². The number of nitrogens with one attached hydrogen (secondary N) is 1. The van der Waals surface area contributed by atoms with Gasteiger partial charge in [-0.15, -0.1) is 0 Å². The van der Waals surface area contributed by atoms with Crippen LogP contribution in [0.15, 0.2) is 48.5 Å². The van der Waals surface area contributed by atoms with Crippen molar-refractivity contribution < 1.29 is 13.2 Å². The van der Waals surface area contributed by atoms with E-state index in [4.69, 9.17) is 0 Å². The van der Waals surface area contributed by atoms with Crippen LogP contribution in [-0.4, -0.2) is 27.1 Å². The van der Waals surface area contributed by atoms with E-state index < -0.39 is 10.0 Å². The first-order valence-electron chi connectivity index (χ1n) is 8.61. The van der Waals surface area contributed by atoms with Gasteiger partial charge >= 0.3 is 0 Å². The van der Waals surface area contributed by atoms with Gasteiger partial charge in [0.1, 0.15) is 6.54 Å². The second-order valence-corrected chi connectivity index (χ2v) is 8.41. The van der Waals surface area contributed by atoms with Gasteiger partial charge in [0.15, 0.2) is 0 Å². The predicted octanol–water partition coefficient (Wildman–Crippen LogP) is 3.34. The predicted molar refractivity (Wildman–Crippen MR) is 106 cm³/mol. The summed E-state index contributed by atoms with van der Waals surface area (Å²) >= 11 is 0. The second kappa shape index (κ2) is 8.36. The Balaban J connectivity index is 2.22. The fourth-order valence-electron chi connectivity index (χ4n) is 2.94. The van der Waals surface area contributed by atoms with E-state index in [1.165, 1.54) is 0 Å². The van der Waals surface area contributed by atoms with Crippen molar-refractivity contribution in [2.75, 3.05) is 17.1 Å². The SMILES string of the molecule is CC[C@@H](NC(=O)CN(c1ccc(C)cc1C)S(C)(=O)=O)c1ccccc1. The lowest BCUT2D eigenvalue weighted by atomic mass is 10.0. The molecule has 6 heteroatoms. The molecule has 0 saturated heterocycles. The van der Waals surface area contributed by atoms with Crippen molar-refractivity contribution in [3.63, 3.8) is 0 Å². The molecular weight excluding hydrogens is 348 g/mol. The Labute approximate surface area is 156 Å². The Morgan fingerprint density at radius 3 is 2.31 bits per heavy atom. The summed E-state index contributed by atoms with van der Waals surface area (Å²) in [7, 11) is -3.58. The van der Waals surface area contributed by atoms with Gasteiger partial charge in [-0.2, -0.15) is 0 Å². The summed E-state index contributed by atoms with van der Waals surface area (Å²) in [6.07, 6.45) is 1.84. The van der Waals surface area contributed by atoms with Crippen LogP contribution in [0.25, 0.3) is 0 Å². The van der Waals surface area contributed by atoms with E-state index >= 15 is 0 Å². The van der Waals surface area contributed by atoms with Crippen LogP contribution >= 0.6 is 0 Å². The van der Waals surface area contributed by atoms with Gasteiger partial charge in [0.05, 0.1) is 18.0 Å². The normalized spacial score (nSPS) is 12.5. The largest absolute Gasteiger partial charge is 0.348 e. The number of rotatable bonds is 7. The summed E-state index contributed by atoms with van der Waals surface area (Å²) in [6.45, 7) is 5.53. The summed E-state index contributed by atoms with van der Waals surface area (Å²) in [5.41, 5.74) is 3.39. The van der Waals surface area contributed by atoms with Crippen LogP contribution in [0.2, 0.25) is 0 Å². The third-order valence-electron chi connectivity index (χ3n) is 4.25. The highest BCUT2D eigenvalue weighted by Crippen LogP contribution is 2.23. The van der Waals surface area contributed by atoms with Crippen molar-refractivity contribution in [1.29, 1.82) is 0 Å². The molecule has 2 aromatic carbocycles. The Bertz CT molecular complexity index is 864. The molecule has 2 rings (SSSR count). The molecule has 0 radical (unpaired) electrons. The molecule has 0 saturated carbocycles. The smallest absolute Gasteiger partial charge is 0.241 e. The lowest BCUT2D eigenvalue weighted by Gasteiger charge is -2.25. The van der Waals surface area contributed by atoms with E-state index in [1.54, 1.807) is 6.07 Å². The summed E-state index contributed by atoms with van der Waals surface area (Å²) in [5.74, 6) is -0.328. The molecule has 0 aromatic heterocycles. The monoisotopic (exact) mass is 374 g/mol. The number of nitrogens with zero attached hydrogens (tertiary/aromatic N) is 1. The van der Waals surface area contributed by atoms with Gasteiger partial charge < -0.3 is 5.32 Å². The molecule has 5 nitrogen and oxygen atoms in total. The fourth-order valence-corrected chi connectivity index (χ4v) is 3.86. The second-order valence-electron chi connectivity index (χ2n) is 6.50. The molecule has 0 spiro atoms. The third-order valence-corrected chi connectivity index (χ3v) is 5.38. The maximum absolute atomic E-state index is 12.6. The Morgan fingerprint density at radius 2 is 1.77 bits per heavy atom. The number of carbonyl (C=O) groups is 1. The standard InChI is InChI=1S/C20H26N2O3S/c1-5-18(17-9-7-6-8-10-17)21-20(23)14-22(26(4,24)25)19-12-11-15(2)13-16(19)3/h6-13,18H,5,14H2,1-4H3,(H,21,23)/t18-/m1/s1. The van der Waals surface area contributed by atoms with Crippen molar-refractivity contribution in [2.24, 2.45) is 0 Å². The highest BCUT2D eigenvalue weighted by molar-refractivity contribution is 7.92. The van der Waals surface area contributed by atoms with E-state index in [9.17, 15) is 13.2 Å². The molecule has 2 aromatic rings. The van der Waals surface area contributed by atoms with Crippen molar-refractivity contribution in [3.05, 3.63) is 65.2 Å². The van der Waals surface area contributed by atoms with Crippen molar-refractivity contribution >= 4 is 21.6 Å². The summed E-state index contributed by atoms with van der Waals surface area (Å²) in [5, 5.41) is 2.94. The highest BCUT2D eigenvalue weighted by atomic mass is 32.2. The quantitative estimate of drug-likeness (QED) is 0.808. The van der Waals surface area contributed by atoms with Crippen LogP contribution < -0.4 is 9.62 Å². The van der Waals surface area contributed by atoms with Crippen LogP contribution in [-0.2, 0) is 14.8 Å². The topological polar surface area (TPSA) is 66.5 Å². The molecule has 0 aliphatic heterocycles. The average molecular weight is 375 g/mol. The van der Waals surface area contributed by atoms with E-state index in [1.807, 2.05) is 63.2 Å². The molecule has 0 unspecified atom stereocenters. The van der Waals surface area contributed by atoms with Crippen LogP contribution in [0.4, 0.5) is 5.69 Å². The Hall–Kier alpha value is -2.34. The van der Waals surface area contributed by atoms with Gasteiger partial charge in [0.25, 0.3) is 0 Å². The fraction of sp³-hybridized carbons (Fsp3) is 0.350. The number of amides is 1. The van der Waals surface area contributed by atoms with Gasteiger partial charge in [-0.05, 0) is 37.5 Å². The molecule has 0 fully saturated rings. The van der Waals surface area contributed by atoms with Gasteiger partial charge in [-0.1, -0.05) is 55.0 Å². The molecule has 1 N–H and O–H groups in total. The zero-order valence-corrected chi connectivity index (χ0v) is 16.5. The molecular formula is C20H26N2O3S. The molecule has 26 heavy (non-hydrogen) atoms. The highest BCUT2D eigenvalue weighted by Gasteiger charge is 2.23. The Kier molecular flexibility index (Phi) is 6.42.